The lowest BCUT2D eigenvalue weighted by atomic mass is 10.0. The third kappa shape index (κ3) is 7.46. The lowest BCUT2D eigenvalue weighted by Gasteiger charge is -2.11. The van der Waals surface area contributed by atoms with E-state index >= 15 is 0 Å². The Morgan fingerprint density at radius 3 is 2.17 bits per heavy atom. The Hall–Kier alpha value is -4.60. The highest BCUT2D eigenvalue weighted by Gasteiger charge is 2.17. The molecule has 0 bridgehead atoms. The van der Waals surface area contributed by atoms with Crippen LogP contribution in [0.2, 0.25) is 0 Å². The van der Waals surface area contributed by atoms with Crippen LogP contribution in [0, 0.1) is 5.82 Å². The summed E-state index contributed by atoms with van der Waals surface area (Å²) in [5, 5.41) is 0. The van der Waals surface area contributed by atoms with Gasteiger partial charge in [0, 0.05) is 0 Å². The number of esters is 1. The highest BCUT2D eigenvalue weighted by molar-refractivity contribution is 6.21. The minimum atomic E-state index is -2.96. The topological polar surface area (TPSA) is 93.7 Å². The maximum atomic E-state index is 13.6. The maximum Gasteiger partial charge on any atom is 0.387 e. The van der Waals surface area contributed by atoms with Crippen LogP contribution in [0.15, 0.2) is 78.9 Å². The van der Waals surface area contributed by atoms with Gasteiger partial charge in [0.2, 0.25) is 0 Å². The number of nitrogens with one attached hydrogen (secondary N) is 2. The fourth-order valence-corrected chi connectivity index (χ4v) is 2.87. The average molecular weight is 484 g/mol. The smallest absolute Gasteiger partial charge is 0.387 e. The van der Waals surface area contributed by atoms with Gasteiger partial charge in [0.05, 0.1) is 11.1 Å². The van der Waals surface area contributed by atoms with E-state index in [9.17, 15) is 27.6 Å². The number of rotatable bonds is 8. The molecule has 0 fully saturated rings. The predicted octanol–water partition coefficient (Wildman–Crippen LogP) is 3.97. The molecule has 0 aromatic heterocycles. The van der Waals surface area contributed by atoms with E-state index in [1.165, 1.54) is 48.5 Å². The van der Waals surface area contributed by atoms with Gasteiger partial charge in [-0.1, -0.05) is 54.6 Å². The maximum absolute atomic E-state index is 13.6. The molecular formula is C25H19F3N2O5. The van der Waals surface area contributed by atoms with Crippen molar-refractivity contribution < 1.29 is 37.0 Å². The number of carbonyl (C=O) groups is 3. The molecule has 0 saturated heterocycles. The van der Waals surface area contributed by atoms with E-state index in [-0.39, 0.29) is 16.9 Å². The van der Waals surface area contributed by atoms with Gasteiger partial charge in [-0.2, -0.15) is 8.78 Å². The minimum absolute atomic E-state index is 0.0462. The van der Waals surface area contributed by atoms with Gasteiger partial charge in [-0.05, 0) is 41.5 Å². The number of alkyl halides is 2. The lowest BCUT2D eigenvalue weighted by molar-refractivity contribution is -0.143. The first-order chi connectivity index (χ1) is 16.8. The van der Waals surface area contributed by atoms with Crippen LogP contribution in [-0.4, -0.2) is 31.0 Å². The second-order valence-electron chi connectivity index (χ2n) is 6.93. The molecule has 0 spiro atoms. The summed E-state index contributed by atoms with van der Waals surface area (Å²) >= 11 is 0. The molecule has 180 valence electrons. The van der Waals surface area contributed by atoms with Gasteiger partial charge in [-0.25, -0.2) is 9.18 Å². The van der Waals surface area contributed by atoms with Gasteiger partial charge >= 0.3 is 12.6 Å². The molecule has 3 aromatic rings. The van der Waals surface area contributed by atoms with Gasteiger partial charge < -0.3 is 9.47 Å². The molecule has 0 atom stereocenters. The molecule has 3 rings (SSSR count). The minimum Gasteiger partial charge on any atom is -0.452 e. The molecule has 0 saturated carbocycles. The second kappa shape index (κ2) is 12.0. The van der Waals surface area contributed by atoms with Gasteiger partial charge in [0.1, 0.15) is 11.6 Å². The van der Waals surface area contributed by atoms with Crippen molar-refractivity contribution in [2.24, 2.45) is 0 Å². The van der Waals surface area contributed by atoms with Crippen LogP contribution in [0.1, 0.15) is 21.5 Å². The number of ether oxygens (including phenoxy) is 2. The summed E-state index contributed by atoms with van der Waals surface area (Å²) in [7, 11) is 0. The Kier molecular flexibility index (Phi) is 8.60. The predicted molar refractivity (Wildman–Crippen MR) is 120 cm³/mol. The number of amides is 2. The van der Waals surface area contributed by atoms with Crippen LogP contribution in [0.3, 0.4) is 0 Å². The SMILES string of the molecule is O=C(COC(=O)/C(=C/c1ccc(OC(F)F)cc1)c1ccccc1)NNC(=O)c1ccccc1F. The molecule has 7 nitrogen and oxygen atoms in total. The van der Waals surface area contributed by atoms with Crippen molar-refractivity contribution in [2.45, 2.75) is 6.61 Å². The number of carbonyl (C=O) groups excluding carboxylic acids is 3. The van der Waals surface area contributed by atoms with E-state index in [0.717, 1.165) is 6.07 Å². The number of hydrazine groups is 1. The summed E-state index contributed by atoms with van der Waals surface area (Å²) in [5.41, 5.74) is 4.86. The number of halogens is 3. The molecule has 0 unspecified atom stereocenters. The summed E-state index contributed by atoms with van der Waals surface area (Å²) in [6, 6.07) is 19.2. The van der Waals surface area contributed by atoms with Crippen molar-refractivity contribution in [3.63, 3.8) is 0 Å². The quantitative estimate of drug-likeness (QED) is 0.218. The van der Waals surface area contributed by atoms with Gasteiger partial charge in [0.25, 0.3) is 11.8 Å². The highest BCUT2D eigenvalue weighted by Crippen LogP contribution is 2.22. The Bertz CT molecular complexity index is 1220. The molecule has 3 aromatic carbocycles. The second-order valence-corrected chi connectivity index (χ2v) is 6.93. The number of hydrogen-bond donors (Lipinski definition) is 2. The monoisotopic (exact) mass is 484 g/mol. The number of benzene rings is 3. The van der Waals surface area contributed by atoms with E-state index in [1.54, 1.807) is 30.3 Å². The Morgan fingerprint density at radius 1 is 0.857 bits per heavy atom. The Labute approximate surface area is 198 Å². The zero-order chi connectivity index (χ0) is 25.2. The van der Waals surface area contributed by atoms with Crippen molar-refractivity contribution in [1.29, 1.82) is 0 Å². The summed E-state index contributed by atoms with van der Waals surface area (Å²) in [5.74, 6) is -3.40. The average Bonchev–Trinajstić information content (AvgIpc) is 2.86. The van der Waals surface area contributed by atoms with Gasteiger partial charge in [0.15, 0.2) is 6.61 Å². The van der Waals surface area contributed by atoms with Crippen molar-refractivity contribution in [1.82, 2.24) is 10.9 Å². The van der Waals surface area contributed by atoms with Crippen LogP contribution >= 0.6 is 0 Å². The van der Waals surface area contributed by atoms with E-state index in [4.69, 9.17) is 4.74 Å². The third-order valence-electron chi connectivity index (χ3n) is 4.49. The molecule has 10 heteroatoms. The third-order valence-corrected chi connectivity index (χ3v) is 4.49. The first-order valence-electron chi connectivity index (χ1n) is 10.2. The molecule has 0 radical (unpaired) electrons. The lowest BCUT2D eigenvalue weighted by Crippen LogP contribution is -2.43. The number of hydrogen-bond acceptors (Lipinski definition) is 5. The molecule has 0 aliphatic heterocycles. The first kappa shape index (κ1) is 25.0. The summed E-state index contributed by atoms with van der Waals surface area (Å²) in [6.07, 6.45) is 1.46. The van der Waals surface area contributed by atoms with Crippen molar-refractivity contribution in [2.75, 3.05) is 6.61 Å². The van der Waals surface area contributed by atoms with Crippen LogP contribution in [0.5, 0.6) is 5.75 Å². The molecular weight excluding hydrogens is 465 g/mol. The van der Waals surface area contributed by atoms with Gasteiger partial charge in [-0.15, -0.1) is 0 Å². The van der Waals surface area contributed by atoms with Crippen LogP contribution in [0.25, 0.3) is 11.6 Å². The van der Waals surface area contributed by atoms with Crippen molar-refractivity contribution in [3.8, 4) is 5.75 Å². The van der Waals surface area contributed by atoms with Crippen LogP contribution in [-0.2, 0) is 14.3 Å². The molecule has 0 aliphatic rings. The molecule has 0 heterocycles. The first-order valence-corrected chi connectivity index (χ1v) is 10.2. The van der Waals surface area contributed by atoms with Crippen LogP contribution < -0.4 is 15.6 Å². The standard InChI is InChI=1S/C25H19F3N2O5/c26-21-9-5-4-8-19(21)23(32)30-29-22(31)15-34-24(33)20(17-6-2-1-3-7-17)14-16-10-12-18(13-11-16)35-25(27)28/h1-14,25H,15H2,(H,29,31)(H,30,32)/b20-14+. The zero-order valence-electron chi connectivity index (χ0n) is 18.0. The van der Waals surface area contributed by atoms with Crippen molar-refractivity contribution in [3.05, 3.63) is 101 Å². The fraction of sp³-hybridized carbons (Fsp3) is 0.0800. The Balaban J connectivity index is 1.65. The highest BCUT2D eigenvalue weighted by atomic mass is 19.3. The molecule has 2 amide bonds. The zero-order valence-corrected chi connectivity index (χ0v) is 18.0. The summed E-state index contributed by atoms with van der Waals surface area (Å²) in [6.45, 7) is -3.70. The van der Waals surface area contributed by atoms with E-state index in [0.29, 0.717) is 11.1 Å². The van der Waals surface area contributed by atoms with Crippen molar-refractivity contribution >= 4 is 29.4 Å². The van der Waals surface area contributed by atoms with Crippen LogP contribution in [0.4, 0.5) is 13.2 Å². The van der Waals surface area contributed by atoms with Gasteiger partial charge in [-0.3, -0.25) is 20.4 Å². The normalized spacial score (nSPS) is 11.0. The largest absolute Gasteiger partial charge is 0.452 e. The molecule has 35 heavy (non-hydrogen) atoms. The molecule has 0 aliphatic carbocycles. The van der Waals surface area contributed by atoms with E-state index in [1.807, 2.05) is 10.9 Å². The Morgan fingerprint density at radius 2 is 1.51 bits per heavy atom. The summed E-state index contributed by atoms with van der Waals surface area (Å²) < 4.78 is 47.7. The van der Waals surface area contributed by atoms with E-state index in [2.05, 4.69) is 4.74 Å². The molecule has 2 N–H and O–H groups in total. The van der Waals surface area contributed by atoms with E-state index < -0.39 is 36.8 Å². The summed E-state index contributed by atoms with van der Waals surface area (Å²) in [4.78, 5) is 36.7. The fourth-order valence-electron chi connectivity index (χ4n) is 2.87.